The van der Waals surface area contributed by atoms with Gasteiger partial charge in [0.25, 0.3) is 5.91 Å². The summed E-state index contributed by atoms with van der Waals surface area (Å²) in [5, 5.41) is 0. The van der Waals surface area contributed by atoms with E-state index in [1.807, 2.05) is 30.3 Å². The van der Waals surface area contributed by atoms with Crippen molar-refractivity contribution in [3.63, 3.8) is 0 Å². The molecule has 0 bridgehead atoms. The summed E-state index contributed by atoms with van der Waals surface area (Å²) in [6.07, 6.45) is 2.90. The highest BCUT2D eigenvalue weighted by Gasteiger charge is 2.33. The van der Waals surface area contributed by atoms with Gasteiger partial charge in [0.15, 0.2) is 4.32 Å². The predicted octanol–water partition coefficient (Wildman–Crippen LogP) is 6.92. The molecule has 0 N–H and O–H groups in total. The molecule has 2 aromatic rings. The van der Waals surface area contributed by atoms with Crippen LogP contribution in [0, 0.1) is 0 Å². The number of benzene rings is 2. The summed E-state index contributed by atoms with van der Waals surface area (Å²) in [7, 11) is 0. The Balaban J connectivity index is 0.00000408. The summed E-state index contributed by atoms with van der Waals surface area (Å²) in [4.78, 5) is 17.7. The van der Waals surface area contributed by atoms with Crippen molar-refractivity contribution in [2.75, 3.05) is 31.1 Å². The highest BCUT2D eigenvalue weighted by atomic mass is 35.5. The lowest BCUT2D eigenvalue weighted by molar-refractivity contribution is -0.113. The van der Waals surface area contributed by atoms with E-state index in [4.69, 9.17) is 17.0 Å². The quantitative estimate of drug-likeness (QED) is 0.204. The van der Waals surface area contributed by atoms with Gasteiger partial charge in [0, 0.05) is 6.54 Å². The third-order valence-corrected chi connectivity index (χ3v) is 7.05. The molecule has 0 aliphatic carbocycles. The van der Waals surface area contributed by atoms with Gasteiger partial charge in [-0.25, -0.2) is 0 Å². The number of nitrogens with zero attached hydrogens (tertiary/aromatic N) is 2. The number of rotatable bonds is 9. The lowest BCUT2D eigenvalue weighted by Gasteiger charge is -2.18. The van der Waals surface area contributed by atoms with Crippen molar-refractivity contribution < 1.29 is 9.53 Å². The van der Waals surface area contributed by atoms with E-state index in [0.29, 0.717) is 15.8 Å². The first kappa shape index (κ1) is 28.4. The molecule has 0 spiro atoms. The Kier molecular flexibility index (Phi) is 10.6. The highest BCUT2D eigenvalue weighted by Crippen LogP contribution is 2.36. The number of hydrogen-bond acceptors (Lipinski definition) is 5. The Hall–Kier alpha value is -1.86. The minimum atomic E-state index is -0.0854. The average Bonchev–Trinajstić information content (AvgIpc) is 3.07. The molecular formula is C27H35ClN2O2S2. The van der Waals surface area contributed by atoms with Crippen molar-refractivity contribution in [2.45, 2.75) is 46.5 Å². The van der Waals surface area contributed by atoms with Crippen LogP contribution in [0.1, 0.15) is 52.2 Å². The van der Waals surface area contributed by atoms with Gasteiger partial charge >= 0.3 is 0 Å². The molecular weight excluding hydrogens is 484 g/mol. The number of amides is 1. The van der Waals surface area contributed by atoms with E-state index in [2.05, 4.69) is 63.8 Å². The van der Waals surface area contributed by atoms with E-state index in [0.717, 1.165) is 43.1 Å². The van der Waals surface area contributed by atoms with Gasteiger partial charge in [0.2, 0.25) is 0 Å². The minimum absolute atomic E-state index is 0. The summed E-state index contributed by atoms with van der Waals surface area (Å²) in [5.74, 6) is 0.719. The first-order valence-corrected chi connectivity index (χ1v) is 12.8. The molecule has 0 saturated carbocycles. The molecule has 1 amide bonds. The maximum Gasteiger partial charge on any atom is 0.270 e. The van der Waals surface area contributed by atoms with Gasteiger partial charge in [-0.1, -0.05) is 82.9 Å². The topological polar surface area (TPSA) is 32.8 Å². The Morgan fingerprint density at radius 3 is 2.21 bits per heavy atom. The zero-order valence-electron chi connectivity index (χ0n) is 20.7. The molecule has 1 saturated heterocycles. The SMILES string of the molecule is CCN(CC)CCCOc1ccc(N2C(=O)/C(=C/c3ccc(C(C)(C)C)cc3)SC2=S)cc1.Cl. The summed E-state index contributed by atoms with van der Waals surface area (Å²) >= 11 is 6.86. The molecule has 0 unspecified atom stereocenters. The van der Waals surface area contributed by atoms with E-state index in [1.54, 1.807) is 4.90 Å². The molecule has 3 rings (SSSR count). The van der Waals surface area contributed by atoms with Crippen molar-refractivity contribution in [1.82, 2.24) is 4.90 Å². The lowest BCUT2D eigenvalue weighted by Crippen LogP contribution is -2.27. The standard InChI is InChI=1S/C27H34N2O2S2.ClH/c1-6-28(7-2)17-8-18-31-23-15-13-22(14-16-23)29-25(30)24(33-26(29)32)19-20-9-11-21(12-10-20)27(3,4)5;/h9-16,19H,6-8,17-18H2,1-5H3;1H/b24-19-;. The second kappa shape index (κ2) is 12.7. The highest BCUT2D eigenvalue weighted by molar-refractivity contribution is 8.27. The smallest absolute Gasteiger partial charge is 0.270 e. The minimum Gasteiger partial charge on any atom is -0.494 e. The van der Waals surface area contributed by atoms with Crippen molar-refractivity contribution in [3.8, 4) is 5.75 Å². The zero-order chi connectivity index (χ0) is 24.0. The number of ether oxygens (including phenoxy) is 1. The number of thioether (sulfide) groups is 1. The van der Waals surface area contributed by atoms with Crippen LogP contribution in [-0.4, -0.2) is 41.4 Å². The van der Waals surface area contributed by atoms with E-state index in [-0.39, 0.29) is 23.7 Å². The van der Waals surface area contributed by atoms with Crippen LogP contribution < -0.4 is 9.64 Å². The molecule has 0 atom stereocenters. The lowest BCUT2D eigenvalue weighted by atomic mass is 9.87. The van der Waals surface area contributed by atoms with Crippen LogP contribution in [0.2, 0.25) is 0 Å². The third kappa shape index (κ3) is 7.32. The summed E-state index contributed by atoms with van der Waals surface area (Å²) in [6.45, 7) is 14.8. The maximum absolute atomic E-state index is 13.1. The Morgan fingerprint density at radius 1 is 1.03 bits per heavy atom. The van der Waals surface area contributed by atoms with Gasteiger partial charge in [-0.15, -0.1) is 12.4 Å². The van der Waals surface area contributed by atoms with Crippen LogP contribution in [0.4, 0.5) is 5.69 Å². The number of carbonyl (C=O) groups excluding carboxylic acids is 1. The molecule has 1 heterocycles. The van der Waals surface area contributed by atoms with Crippen molar-refractivity contribution in [2.24, 2.45) is 0 Å². The van der Waals surface area contributed by atoms with E-state index in [9.17, 15) is 4.79 Å². The number of thiocarbonyl (C=S) groups is 1. The summed E-state index contributed by atoms with van der Waals surface area (Å²) in [5.41, 5.74) is 3.13. The largest absolute Gasteiger partial charge is 0.494 e. The van der Waals surface area contributed by atoms with Crippen LogP contribution in [-0.2, 0) is 10.2 Å². The molecule has 7 heteroatoms. The van der Waals surface area contributed by atoms with E-state index in [1.165, 1.54) is 17.3 Å². The Morgan fingerprint density at radius 2 is 1.65 bits per heavy atom. The average molecular weight is 519 g/mol. The molecule has 2 aromatic carbocycles. The number of hydrogen-bond donors (Lipinski definition) is 0. The third-order valence-electron chi connectivity index (χ3n) is 5.74. The second-order valence-electron chi connectivity index (χ2n) is 9.11. The molecule has 34 heavy (non-hydrogen) atoms. The number of halogens is 1. The monoisotopic (exact) mass is 518 g/mol. The van der Waals surface area contributed by atoms with Crippen LogP contribution in [0.15, 0.2) is 53.4 Å². The van der Waals surface area contributed by atoms with E-state index < -0.39 is 0 Å². The Bertz CT molecular complexity index is 995. The summed E-state index contributed by atoms with van der Waals surface area (Å²) in [6, 6.07) is 15.9. The molecule has 1 aliphatic rings. The summed E-state index contributed by atoms with van der Waals surface area (Å²) < 4.78 is 6.42. The fraction of sp³-hybridized carbons (Fsp3) is 0.407. The first-order valence-electron chi connectivity index (χ1n) is 11.6. The van der Waals surface area contributed by atoms with Crippen molar-refractivity contribution in [3.05, 3.63) is 64.6 Å². The first-order chi connectivity index (χ1) is 15.7. The van der Waals surface area contributed by atoms with Gasteiger partial charge in [-0.3, -0.25) is 9.69 Å². The second-order valence-corrected chi connectivity index (χ2v) is 10.8. The molecule has 1 aliphatic heterocycles. The van der Waals surface area contributed by atoms with Gasteiger partial charge in [-0.05, 0) is 66.4 Å². The van der Waals surface area contributed by atoms with Gasteiger partial charge in [0.05, 0.1) is 17.2 Å². The van der Waals surface area contributed by atoms with Gasteiger partial charge in [0.1, 0.15) is 5.75 Å². The van der Waals surface area contributed by atoms with Gasteiger partial charge < -0.3 is 9.64 Å². The molecule has 4 nitrogen and oxygen atoms in total. The van der Waals surface area contributed by atoms with Gasteiger partial charge in [-0.2, -0.15) is 0 Å². The maximum atomic E-state index is 13.1. The predicted molar refractivity (Wildman–Crippen MR) is 152 cm³/mol. The van der Waals surface area contributed by atoms with Crippen LogP contribution in [0.5, 0.6) is 5.75 Å². The fourth-order valence-electron chi connectivity index (χ4n) is 3.63. The molecule has 184 valence electrons. The van der Waals surface area contributed by atoms with Crippen LogP contribution in [0.25, 0.3) is 6.08 Å². The molecule has 1 fully saturated rings. The van der Waals surface area contributed by atoms with E-state index >= 15 is 0 Å². The number of carbonyl (C=O) groups is 1. The molecule has 0 radical (unpaired) electrons. The normalized spacial score (nSPS) is 15.2. The van der Waals surface area contributed by atoms with Crippen molar-refractivity contribution in [1.29, 1.82) is 0 Å². The molecule has 0 aromatic heterocycles. The van der Waals surface area contributed by atoms with Crippen LogP contribution >= 0.6 is 36.4 Å². The zero-order valence-corrected chi connectivity index (χ0v) is 23.1. The fourth-order valence-corrected chi connectivity index (χ4v) is 4.93. The van der Waals surface area contributed by atoms with Crippen LogP contribution in [0.3, 0.4) is 0 Å². The number of anilines is 1. The Labute approximate surface area is 220 Å². The van der Waals surface area contributed by atoms with Crippen molar-refractivity contribution >= 4 is 58.4 Å².